The summed E-state index contributed by atoms with van der Waals surface area (Å²) in [6.07, 6.45) is 1.14. The molecule has 1 unspecified atom stereocenters. The molecule has 104 valence electrons. The Morgan fingerprint density at radius 3 is 2.74 bits per heavy atom. The summed E-state index contributed by atoms with van der Waals surface area (Å²) in [6, 6.07) is 6.47. The standard InChI is InChI=1S/C14H20N2O2S/c1-4-11-9-19-14(16-11)15-8-10-5-6-12(17-2)13(7-10)18-3/h5-7,11H,4,8-9H2,1-3H3,(H,15,16). The van der Waals surface area contributed by atoms with Crippen molar-refractivity contribution < 1.29 is 9.47 Å². The Morgan fingerprint density at radius 2 is 2.11 bits per heavy atom. The molecule has 19 heavy (non-hydrogen) atoms. The van der Waals surface area contributed by atoms with Gasteiger partial charge in [-0.1, -0.05) is 24.8 Å². The van der Waals surface area contributed by atoms with Gasteiger partial charge in [-0.25, -0.2) is 0 Å². The maximum Gasteiger partial charge on any atom is 0.161 e. The summed E-state index contributed by atoms with van der Waals surface area (Å²) >= 11 is 1.79. The first-order chi connectivity index (χ1) is 9.26. The molecule has 1 N–H and O–H groups in total. The molecule has 0 aliphatic carbocycles. The molecule has 0 bridgehead atoms. The molecule has 0 saturated carbocycles. The second kappa shape index (κ2) is 6.70. The number of rotatable bonds is 5. The first-order valence-corrected chi connectivity index (χ1v) is 7.40. The number of nitrogens with zero attached hydrogens (tertiary/aromatic N) is 1. The number of thioether (sulfide) groups is 1. The largest absolute Gasteiger partial charge is 0.493 e. The number of ether oxygens (including phenoxy) is 2. The Balaban J connectivity index is 2.02. The van der Waals surface area contributed by atoms with Crippen LogP contribution in [0.5, 0.6) is 11.5 Å². The van der Waals surface area contributed by atoms with Gasteiger partial charge < -0.3 is 14.8 Å². The first-order valence-electron chi connectivity index (χ1n) is 6.41. The number of aliphatic imine (C=N–C) groups is 1. The fourth-order valence-corrected chi connectivity index (χ4v) is 2.97. The number of amidine groups is 1. The molecule has 1 aromatic rings. The van der Waals surface area contributed by atoms with E-state index < -0.39 is 0 Å². The van der Waals surface area contributed by atoms with Gasteiger partial charge in [-0.05, 0) is 24.1 Å². The van der Waals surface area contributed by atoms with Crippen LogP contribution < -0.4 is 14.8 Å². The van der Waals surface area contributed by atoms with Crippen molar-refractivity contribution in [1.82, 2.24) is 5.32 Å². The lowest BCUT2D eigenvalue weighted by atomic mass is 10.2. The number of hydrogen-bond donors (Lipinski definition) is 1. The Labute approximate surface area is 118 Å². The molecule has 5 heteroatoms. The minimum absolute atomic E-state index is 0.564. The third kappa shape index (κ3) is 3.56. The van der Waals surface area contributed by atoms with E-state index in [0.29, 0.717) is 12.6 Å². The van der Waals surface area contributed by atoms with E-state index in [4.69, 9.17) is 9.47 Å². The van der Waals surface area contributed by atoms with Gasteiger partial charge in [0.1, 0.15) is 0 Å². The van der Waals surface area contributed by atoms with Crippen LogP contribution in [0.25, 0.3) is 0 Å². The number of benzene rings is 1. The molecular weight excluding hydrogens is 260 g/mol. The number of hydrogen-bond acceptors (Lipinski definition) is 4. The molecule has 0 spiro atoms. The Morgan fingerprint density at radius 1 is 1.32 bits per heavy atom. The lowest BCUT2D eigenvalue weighted by Gasteiger charge is -2.09. The molecule has 1 aromatic carbocycles. The van der Waals surface area contributed by atoms with E-state index in [1.54, 1.807) is 26.0 Å². The molecule has 1 aliphatic rings. The van der Waals surface area contributed by atoms with Crippen molar-refractivity contribution in [3.63, 3.8) is 0 Å². The third-order valence-electron chi connectivity index (χ3n) is 3.09. The quantitative estimate of drug-likeness (QED) is 0.900. The van der Waals surface area contributed by atoms with Crippen LogP contribution in [-0.2, 0) is 6.54 Å². The predicted octanol–water partition coefficient (Wildman–Crippen LogP) is 2.67. The summed E-state index contributed by atoms with van der Waals surface area (Å²) in [6.45, 7) is 2.85. The minimum Gasteiger partial charge on any atom is -0.493 e. The van der Waals surface area contributed by atoms with Crippen molar-refractivity contribution in [2.45, 2.75) is 25.9 Å². The molecule has 1 saturated heterocycles. The highest BCUT2D eigenvalue weighted by Crippen LogP contribution is 2.28. The van der Waals surface area contributed by atoms with E-state index in [2.05, 4.69) is 17.2 Å². The van der Waals surface area contributed by atoms with Crippen LogP contribution in [0, 0.1) is 0 Å². The fraction of sp³-hybridized carbons (Fsp3) is 0.500. The third-order valence-corrected chi connectivity index (χ3v) is 4.18. The van der Waals surface area contributed by atoms with Gasteiger partial charge in [0.2, 0.25) is 0 Å². The van der Waals surface area contributed by atoms with Crippen molar-refractivity contribution >= 4 is 16.9 Å². The second-order valence-corrected chi connectivity index (χ2v) is 5.38. The van der Waals surface area contributed by atoms with E-state index in [-0.39, 0.29) is 0 Å². The molecule has 2 rings (SSSR count). The maximum absolute atomic E-state index is 5.29. The van der Waals surface area contributed by atoms with Crippen LogP contribution in [0.15, 0.2) is 23.2 Å². The summed E-state index contributed by atoms with van der Waals surface area (Å²) in [5.74, 6) is 2.61. The molecule has 1 atom stereocenters. The molecule has 1 heterocycles. The summed E-state index contributed by atoms with van der Waals surface area (Å²) < 4.78 is 10.5. The van der Waals surface area contributed by atoms with E-state index in [9.17, 15) is 0 Å². The minimum atomic E-state index is 0.564. The van der Waals surface area contributed by atoms with Crippen LogP contribution in [0.2, 0.25) is 0 Å². The Kier molecular flexibility index (Phi) is 4.96. The van der Waals surface area contributed by atoms with Gasteiger partial charge in [-0.15, -0.1) is 0 Å². The zero-order valence-corrected chi connectivity index (χ0v) is 12.4. The van der Waals surface area contributed by atoms with E-state index >= 15 is 0 Å². The molecule has 1 aliphatic heterocycles. The smallest absolute Gasteiger partial charge is 0.161 e. The average molecular weight is 280 g/mol. The van der Waals surface area contributed by atoms with E-state index in [1.165, 1.54) is 0 Å². The van der Waals surface area contributed by atoms with Gasteiger partial charge in [0.05, 0.1) is 20.8 Å². The fourth-order valence-electron chi connectivity index (χ4n) is 1.89. The lowest BCUT2D eigenvalue weighted by Crippen LogP contribution is -2.25. The summed E-state index contributed by atoms with van der Waals surface area (Å²) in [7, 11) is 3.29. The van der Waals surface area contributed by atoms with Crippen LogP contribution in [0.1, 0.15) is 18.9 Å². The SMILES string of the molecule is CCC1CSC(=NCc2ccc(OC)c(OC)c2)N1. The van der Waals surface area contributed by atoms with Gasteiger partial charge in [0.15, 0.2) is 16.7 Å². The maximum atomic E-state index is 5.29. The summed E-state index contributed by atoms with van der Waals surface area (Å²) in [5, 5.41) is 4.46. The van der Waals surface area contributed by atoms with Crippen molar-refractivity contribution in [3.8, 4) is 11.5 Å². The topological polar surface area (TPSA) is 42.9 Å². The van der Waals surface area contributed by atoms with Crippen LogP contribution >= 0.6 is 11.8 Å². The molecular formula is C14H20N2O2S. The summed E-state index contributed by atoms with van der Waals surface area (Å²) in [5.41, 5.74) is 1.12. The normalized spacial score (nSPS) is 20.4. The molecule has 0 amide bonds. The highest BCUT2D eigenvalue weighted by Gasteiger charge is 2.17. The molecule has 4 nitrogen and oxygen atoms in total. The van der Waals surface area contributed by atoms with E-state index in [1.807, 2.05) is 18.2 Å². The van der Waals surface area contributed by atoms with Crippen molar-refractivity contribution in [2.24, 2.45) is 4.99 Å². The summed E-state index contributed by atoms with van der Waals surface area (Å²) in [4.78, 5) is 4.59. The monoisotopic (exact) mass is 280 g/mol. The first kappa shape index (κ1) is 14.1. The van der Waals surface area contributed by atoms with Gasteiger partial charge in [-0.3, -0.25) is 4.99 Å². The van der Waals surface area contributed by atoms with Crippen LogP contribution in [-0.4, -0.2) is 31.2 Å². The average Bonchev–Trinajstić information content (AvgIpc) is 2.92. The second-order valence-electron chi connectivity index (χ2n) is 4.37. The van der Waals surface area contributed by atoms with Gasteiger partial charge in [0.25, 0.3) is 0 Å². The highest BCUT2D eigenvalue weighted by molar-refractivity contribution is 8.14. The zero-order chi connectivity index (χ0) is 13.7. The lowest BCUT2D eigenvalue weighted by molar-refractivity contribution is 0.354. The number of methoxy groups -OCH3 is 2. The Hall–Kier alpha value is -1.36. The van der Waals surface area contributed by atoms with Gasteiger partial charge in [-0.2, -0.15) is 0 Å². The van der Waals surface area contributed by atoms with Crippen LogP contribution in [0.4, 0.5) is 0 Å². The predicted molar refractivity (Wildman–Crippen MR) is 80.4 cm³/mol. The molecule has 1 fully saturated rings. The van der Waals surface area contributed by atoms with Gasteiger partial charge >= 0.3 is 0 Å². The van der Waals surface area contributed by atoms with E-state index in [0.717, 1.165) is 34.4 Å². The number of nitrogens with one attached hydrogen (secondary N) is 1. The van der Waals surface area contributed by atoms with Crippen molar-refractivity contribution in [3.05, 3.63) is 23.8 Å². The van der Waals surface area contributed by atoms with Crippen molar-refractivity contribution in [1.29, 1.82) is 0 Å². The zero-order valence-electron chi connectivity index (χ0n) is 11.6. The van der Waals surface area contributed by atoms with Crippen molar-refractivity contribution in [2.75, 3.05) is 20.0 Å². The molecule has 0 radical (unpaired) electrons. The van der Waals surface area contributed by atoms with Gasteiger partial charge in [0, 0.05) is 11.8 Å². The Bertz CT molecular complexity index is 463. The highest BCUT2D eigenvalue weighted by atomic mass is 32.2. The van der Waals surface area contributed by atoms with Crippen LogP contribution in [0.3, 0.4) is 0 Å². The molecule has 0 aromatic heterocycles.